The van der Waals surface area contributed by atoms with Crippen LogP contribution in [-0.2, 0) is 13.0 Å². The maximum atomic E-state index is 5.97. The molecule has 0 bridgehead atoms. The second-order valence-corrected chi connectivity index (χ2v) is 4.99. The molecule has 2 N–H and O–H groups in total. The molecule has 0 radical (unpaired) electrons. The van der Waals surface area contributed by atoms with E-state index in [4.69, 9.17) is 5.73 Å². The molecule has 2 aromatic rings. The summed E-state index contributed by atoms with van der Waals surface area (Å²) >= 11 is 0. The van der Waals surface area contributed by atoms with Crippen LogP contribution < -0.4 is 5.73 Å². The lowest BCUT2D eigenvalue weighted by atomic mass is 10.1. The second-order valence-electron chi connectivity index (χ2n) is 4.99. The van der Waals surface area contributed by atoms with Gasteiger partial charge in [-0.3, -0.25) is 0 Å². The molecule has 0 aliphatic carbocycles. The zero-order chi connectivity index (χ0) is 13.5. The minimum atomic E-state index is 0. The van der Waals surface area contributed by atoms with Crippen molar-refractivity contribution >= 4 is 18.4 Å². The number of rotatable bonds is 7. The quantitative estimate of drug-likeness (QED) is 0.782. The molecule has 2 rings (SSSR count). The van der Waals surface area contributed by atoms with Crippen molar-refractivity contribution in [1.82, 2.24) is 9.55 Å². The summed E-state index contributed by atoms with van der Waals surface area (Å²) in [5.74, 6) is 0.620. The number of aryl methyl sites for hydroxylation is 1. The topological polar surface area (TPSA) is 43.8 Å². The molecular formula is C16H24ClN3. The fourth-order valence-electron chi connectivity index (χ4n) is 2.31. The van der Waals surface area contributed by atoms with Crippen molar-refractivity contribution in [3.63, 3.8) is 0 Å². The van der Waals surface area contributed by atoms with E-state index in [0.717, 1.165) is 13.0 Å². The van der Waals surface area contributed by atoms with Crippen LogP contribution in [0.25, 0.3) is 0 Å². The van der Waals surface area contributed by atoms with Crippen LogP contribution in [0.3, 0.4) is 0 Å². The van der Waals surface area contributed by atoms with Crippen molar-refractivity contribution in [2.24, 2.45) is 0 Å². The number of nitrogens with zero attached hydrogens (tertiary/aromatic N) is 2. The fourth-order valence-corrected chi connectivity index (χ4v) is 2.31. The average molecular weight is 294 g/mol. The Morgan fingerprint density at radius 2 is 1.85 bits per heavy atom. The van der Waals surface area contributed by atoms with Crippen LogP contribution in [0, 0.1) is 0 Å². The predicted molar refractivity (Wildman–Crippen MR) is 87.3 cm³/mol. The number of nitrogen functional groups attached to an aromatic ring is 1. The van der Waals surface area contributed by atoms with Crippen molar-refractivity contribution in [3.8, 4) is 0 Å². The van der Waals surface area contributed by atoms with Crippen molar-refractivity contribution in [2.45, 2.75) is 45.6 Å². The van der Waals surface area contributed by atoms with Crippen molar-refractivity contribution in [1.29, 1.82) is 0 Å². The Morgan fingerprint density at radius 3 is 2.55 bits per heavy atom. The lowest BCUT2D eigenvalue weighted by Crippen LogP contribution is -2.08. The van der Waals surface area contributed by atoms with Crippen molar-refractivity contribution in [2.75, 3.05) is 5.73 Å². The maximum Gasteiger partial charge on any atom is 0.200 e. The van der Waals surface area contributed by atoms with Crippen LogP contribution >= 0.6 is 12.4 Å². The van der Waals surface area contributed by atoms with Crippen LogP contribution in [0.4, 0.5) is 5.95 Å². The number of benzene rings is 1. The molecule has 0 aliphatic rings. The van der Waals surface area contributed by atoms with Gasteiger partial charge in [0.2, 0.25) is 5.95 Å². The van der Waals surface area contributed by atoms with Gasteiger partial charge in [0, 0.05) is 5.69 Å². The summed E-state index contributed by atoms with van der Waals surface area (Å²) in [6, 6.07) is 10.4. The minimum absolute atomic E-state index is 0. The van der Waals surface area contributed by atoms with Crippen LogP contribution in [0.2, 0.25) is 0 Å². The molecule has 0 amide bonds. The summed E-state index contributed by atoms with van der Waals surface area (Å²) in [6.45, 7) is 3.05. The third-order valence-corrected chi connectivity index (χ3v) is 3.44. The lowest BCUT2D eigenvalue weighted by molar-refractivity contribution is 0.640. The van der Waals surface area contributed by atoms with Crippen molar-refractivity contribution < 1.29 is 0 Å². The van der Waals surface area contributed by atoms with E-state index in [1.54, 1.807) is 0 Å². The Labute approximate surface area is 127 Å². The number of anilines is 1. The molecule has 0 spiro atoms. The van der Waals surface area contributed by atoms with Gasteiger partial charge in [0.25, 0.3) is 0 Å². The molecule has 3 nitrogen and oxygen atoms in total. The number of aromatic nitrogens is 2. The number of imidazole rings is 1. The molecule has 1 aromatic heterocycles. The van der Waals surface area contributed by atoms with Crippen LogP contribution in [0.1, 0.15) is 43.9 Å². The summed E-state index contributed by atoms with van der Waals surface area (Å²) in [5, 5.41) is 0. The van der Waals surface area contributed by atoms with Crippen LogP contribution in [0.5, 0.6) is 0 Å². The Kier molecular flexibility index (Phi) is 7.16. The highest BCUT2D eigenvalue weighted by Crippen LogP contribution is 2.14. The molecule has 0 saturated heterocycles. The van der Waals surface area contributed by atoms with E-state index in [1.165, 1.54) is 36.9 Å². The van der Waals surface area contributed by atoms with E-state index in [1.807, 2.05) is 12.3 Å². The van der Waals surface area contributed by atoms with Crippen molar-refractivity contribution in [3.05, 3.63) is 47.8 Å². The van der Waals surface area contributed by atoms with Gasteiger partial charge in [0.05, 0.1) is 12.7 Å². The van der Waals surface area contributed by atoms with E-state index in [0.29, 0.717) is 5.95 Å². The number of hydrogen-bond donors (Lipinski definition) is 1. The highest BCUT2D eigenvalue weighted by atomic mass is 35.5. The molecule has 1 aromatic carbocycles. The molecule has 1 heterocycles. The molecule has 0 unspecified atom stereocenters. The van der Waals surface area contributed by atoms with E-state index in [2.05, 4.69) is 40.7 Å². The number of hydrogen-bond acceptors (Lipinski definition) is 2. The van der Waals surface area contributed by atoms with Crippen LogP contribution in [0.15, 0.2) is 36.5 Å². The third kappa shape index (κ3) is 4.57. The minimum Gasteiger partial charge on any atom is -0.369 e. The first-order valence-corrected chi connectivity index (χ1v) is 7.15. The van der Waals surface area contributed by atoms with Gasteiger partial charge in [0.15, 0.2) is 0 Å². The summed E-state index contributed by atoms with van der Waals surface area (Å²) in [5.41, 5.74) is 8.48. The number of unbranched alkanes of at least 4 members (excludes halogenated alkanes) is 3. The van der Waals surface area contributed by atoms with Gasteiger partial charge in [-0.25, -0.2) is 4.98 Å². The Morgan fingerprint density at radius 1 is 1.10 bits per heavy atom. The van der Waals surface area contributed by atoms with E-state index in [-0.39, 0.29) is 12.4 Å². The maximum absolute atomic E-state index is 5.97. The Balaban J connectivity index is 0.00000200. The number of halogens is 1. The fraction of sp³-hybridized carbons (Fsp3) is 0.438. The summed E-state index contributed by atoms with van der Waals surface area (Å²) in [7, 11) is 0. The third-order valence-electron chi connectivity index (χ3n) is 3.44. The van der Waals surface area contributed by atoms with Gasteiger partial charge in [-0.15, -0.1) is 12.4 Å². The molecule has 0 atom stereocenters. The van der Waals surface area contributed by atoms with Gasteiger partial charge < -0.3 is 10.3 Å². The largest absolute Gasteiger partial charge is 0.369 e. The standard InChI is InChI=1S/C16H23N3.ClH/c1-2-3-4-8-11-15-12-18-16(17)19(15)13-14-9-6-5-7-10-14;/h5-7,9-10,12H,2-4,8,11,13H2,1H3,(H2,17,18);1H. The SMILES string of the molecule is CCCCCCc1cnc(N)n1Cc1ccccc1.Cl. The normalized spacial score (nSPS) is 10.2. The molecular weight excluding hydrogens is 270 g/mol. The number of nitrogens with two attached hydrogens (primary N) is 1. The van der Waals surface area contributed by atoms with Crippen LogP contribution in [-0.4, -0.2) is 9.55 Å². The van der Waals surface area contributed by atoms with E-state index >= 15 is 0 Å². The highest BCUT2D eigenvalue weighted by molar-refractivity contribution is 5.85. The predicted octanol–water partition coefficient (Wildman–Crippen LogP) is 4.06. The zero-order valence-electron chi connectivity index (χ0n) is 12.1. The Bertz CT molecular complexity index is 494. The van der Waals surface area contributed by atoms with Gasteiger partial charge >= 0.3 is 0 Å². The summed E-state index contributed by atoms with van der Waals surface area (Å²) in [4.78, 5) is 4.25. The first kappa shape index (κ1) is 16.6. The monoisotopic (exact) mass is 293 g/mol. The molecule has 20 heavy (non-hydrogen) atoms. The summed E-state index contributed by atoms with van der Waals surface area (Å²) in [6.07, 6.45) is 8.07. The zero-order valence-corrected chi connectivity index (χ0v) is 12.9. The highest BCUT2D eigenvalue weighted by Gasteiger charge is 2.07. The molecule has 4 heteroatoms. The van der Waals surface area contributed by atoms with E-state index in [9.17, 15) is 0 Å². The van der Waals surface area contributed by atoms with Gasteiger partial charge in [-0.2, -0.15) is 0 Å². The lowest BCUT2D eigenvalue weighted by Gasteiger charge is -2.10. The first-order chi connectivity index (χ1) is 9.31. The molecule has 0 fully saturated rings. The average Bonchev–Trinajstić information content (AvgIpc) is 2.78. The summed E-state index contributed by atoms with van der Waals surface area (Å²) < 4.78 is 2.13. The Hall–Kier alpha value is -1.48. The second kappa shape index (κ2) is 8.64. The molecule has 0 saturated carbocycles. The smallest absolute Gasteiger partial charge is 0.200 e. The van der Waals surface area contributed by atoms with Gasteiger partial charge in [-0.1, -0.05) is 56.5 Å². The molecule has 0 aliphatic heterocycles. The van der Waals surface area contributed by atoms with Gasteiger partial charge in [-0.05, 0) is 18.4 Å². The first-order valence-electron chi connectivity index (χ1n) is 7.15. The van der Waals surface area contributed by atoms with E-state index < -0.39 is 0 Å². The molecule has 110 valence electrons. The van der Waals surface area contributed by atoms with Gasteiger partial charge in [0.1, 0.15) is 0 Å².